The molecule has 0 amide bonds. The molecule has 0 saturated heterocycles. The number of fused-ring (bicyclic) bond motifs is 4. The van der Waals surface area contributed by atoms with Gasteiger partial charge in [0, 0.05) is 71.2 Å². The quantitative estimate of drug-likeness (QED) is 0.148. The number of imidazole rings is 4. The molecule has 12 nitrogen and oxygen atoms in total. The van der Waals surface area contributed by atoms with Crippen LogP contribution in [0.4, 0.5) is 13.2 Å². The zero-order valence-corrected chi connectivity index (χ0v) is 36.9. The van der Waals surface area contributed by atoms with E-state index in [1.54, 1.807) is 6.20 Å². The molecule has 8 aromatic rings. The van der Waals surface area contributed by atoms with Gasteiger partial charge in [-0.15, -0.1) is 0 Å². The summed E-state index contributed by atoms with van der Waals surface area (Å²) in [4.78, 5) is 34.1. The van der Waals surface area contributed by atoms with Gasteiger partial charge in [-0.05, 0) is 32.4 Å². The van der Waals surface area contributed by atoms with Crippen molar-refractivity contribution >= 4 is 22.3 Å². The predicted octanol–water partition coefficient (Wildman–Crippen LogP) is 10.1. The first-order valence-corrected chi connectivity index (χ1v) is 19.5. The third kappa shape index (κ3) is 9.94. The van der Waals surface area contributed by atoms with Gasteiger partial charge >= 0.3 is 6.18 Å². The Hall–Kier alpha value is -5.73. The molecule has 0 atom stereocenters. The molecule has 0 unspecified atom stereocenters. The van der Waals surface area contributed by atoms with Gasteiger partial charge in [0.1, 0.15) is 18.0 Å². The first kappa shape index (κ1) is 44.4. The predicted molar refractivity (Wildman–Crippen MR) is 226 cm³/mol. The fourth-order valence-electron chi connectivity index (χ4n) is 6.43. The van der Waals surface area contributed by atoms with E-state index in [-0.39, 0.29) is 16.2 Å². The lowest BCUT2D eigenvalue weighted by molar-refractivity contribution is -0.145. The van der Waals surface area contributed by atoms with Crippen molar-refractivity contribution in [2.24, 2.45) is 0 Å². The molecule has 15 heteroatoms. The summed E-state index contributed by atoms with van der Waals surface area (Å²) in [7, 11) is 0. The highest BCUT2D eigenvalue weighted by molar-refractivity contribution is 5.55. The van der Waals surface area contributed by atoms with Crippen LogP contribution in [0.2, 0.25) is 0 Å². The maximum Gasteiger partial charge on any atom is 0.450 e. The van der Waals surface area contributed by atoms with E-state index >= 15 is 0 Å². The summed E-state index contributed by atoms with van der Waals surface area (Å²) in [6, 6.07) is 1.92. The number of alkyl halides is 3. The molecule has 0 spiro atoms. The smallest absolute Gasteiger partial charge is 0.301 e. The molecule has 0 N–H and O–H groups in total. The van der Waals surface area contributed by atoms with Crippen molar-refractivity contribution < 1.29 is 13.2 Å². The van der Waals surface area contributed by atoms with Crippen molar-refractivity contribution in [3.63, 3.8) is 0 Å². The summed E-state index contributed by atoms with van der Waals surface area (Å²) in [5, 5.41) is 0. The van der Waals surface area contributed by atoms with Crippen LogP contribution in [-0.4, -0.2) is 57.5 Å². The average molecular weight is 811 g/mol. The highest BCUT2D eigenvalue weighted by Gasteiger charge is 2.38. The molecule has 0 saturated carbocycles. The highest BCUT2D eigenvalue weighted by atomic mass is 19.4. The number of aromatic nitrogens is 12. The van der Waals surface area contributed by atoms with E-state index in [2.05, 4.69) is 107 Å². The molecule has 8 aromatic heterocycles. The Balaban J connectivity index is 0.000000150. The summed E-state index contributed by atoms with van der Waals surface area (Å²) in [5.74, 6) is 1.12. The van der Waals surface area contributed by atoms with Crippen molar-refractivity contribution in [3.05, 3.63) is 120 Å². The number of nitrogens with zero attached hydrogens (tertiary/aromatic N) is 12. The van der Waals surface area contributed by atoms with E-state index in [1.165, 1.54) is 18.6 Å². The molecule has 0 aromatic carbocycles. The molecule has 0 aliphatic carbocycles. The Morgan fingerprint density at radius 3 is 1.56 bits per heavy atom. The summed E-state index contributed by atoms with van der Waals surface area (Å²) in [6.45, 7) is 30.9. The minimum atomic E-state index is -4.46. The first-order chi connectivity index (χ1) is 27.2. The third-order valence-corrected chi connectivity index (χ3v) is 9.25. The van der Waals surface area contributed by atoms with Gasteiger partial charge in [-0.25, -0.2) is 29.9 Å². The lowest BCUT2D eigenvalue weighted by Crippen LogP contribution is -2.13. The number of halogens is 3. The normalized spacial score (nSPS) is 12.6. The van der Waals surface area contributed by atoms with E-state index in [1.807, 2.05) is 99.9 Å². The van der Waals surface area contributed by atoms with E-state index < -0.39 is 17.4 Å². The van der Waals surface area contributed by atoms with Crippen molar-refractivity contribution in [3.8, 4) is 0 Å². The fraction of sp³-hybridized carbons (Fsp3) is 0.455. The monoisotopic (exact) mass is 810 g/mol. The minimum Gasteiger partial charge on any atom is -0.301 e. The maximum atomic E-state index is 12.8. The summed E-state index contributed by atoms with van der Waals surface area (Å²) in [5.41, 5.74) is 7.93. The van der Waals surface area contributed by atoms with E-state index in [0.29, 0.717) is 11.2 Å². The molecule has 0 aliphatic rings. The van der Waals surface area contributed by atoms with Gasteiger partial charge in [-0.2, -0.15) is 13.2 Å². The molecule has 8 heterocycles. The Morgan fingerprint density at radius 1 is 0.492 bits per heavy atom. The van der Waals surface area contributed by atoms with Crippen LogP contribution in [0.5, 0.6) is 0 Å². The van der Waals surface area contributed by atoms with Gasteiger partial charge in [0.2, 0.25) is 5.82 Å². The van der Waals surface area contributed by atoms with Crippen LogP contribution in [0, 0.1) is 20.8 Å². The molecule has 8 rings (SSSR count). The van der Waals surface area contributed by atoms with E-state index in [0.717, 1.165) is 55.5 Å². The van der Waals surface area contributed by atoms with Gasteiger partial charge in [-0.3, -0.25) is 23.2 Å². The van der Waals surface area contributed by atoms with Gasteiger partial charge < -0.3 is 4.40 Å². The fourth-order valence-corrected chi connectivity index (χ4v) is 6.43. The molecule has 314 valence electrons. The van der Waals surface area contributed by atoms with Crippen LogP contribution in [0.1, 0.15) is 129 Å². The first-order valence-electron chi connectivity index (χ1n) is 19.5. The molecule has 0 radical (unpaired) electrons. The SMILES string of the molecule is CC(C)(C)c1nc(C(F)(F)F)n2ccncc12.Cc1cnc2c(C(C)(C)C)ncn2c1.Cc1nc(C(C)(C)C)c2cnccn12.Cc1nc(C(C)(C)C)c2ncccn12. The highest BCUT2D eigenvalue weighted by Crippen LogP contribution is 2.34. The lowest BCUT2D eigenvalue weighted by atomic mass is 9.92. The topological polar surface area (TPSA) is 121 Å². The molecular formula is C44H57F3N12. The lowest BCUT2D eigenvalue weighted by Gasteiger charge is -2.15. The van der Waals surface area contributed by atoms with Gasteiger partial charge in [0.05, 0.1) is 46.2 Å². The molecule has 59 heavy (non-hydrogen) atoms. The van der Waals surface area contributed by atoms with Crippen LogP contribution in [-0.2, 0) is 27.8 Å². The van der Waals surface area contributed by atoms with Crippen molar-refractivity contribution in [1.29, 1.82) is 0 Å². The minimum absolute atomic E-state index is 0.0495. The van der Waals surface area contributed by atoms with Crippen molar-refractivity contribution in [2.75, 3.05) is 0 Å². The molecular weight excluding hydrogens is 754 g/mol. The summed E-state index contributed by atoms with van der Waals surface area (Å²) >= 11 is 0. The second-order valence-electron chi connectivity index (χ2n) is 18.7. The van der Waals surface area contributed by atoms with Gasteiger partial charge in [0.25, 0.3) is 0 Å². The second-order valence-corrected chi connectivity index (χ2v) is 18.7. The van der Waals surface area contributed by atoms with Crippen LogP contribution in [0.15, 0.2) is 74.4 Å². The zero-order chi connectivity index (χ0) is 43.9. The van der Waals surface area contributed by atoms with Crippen LogP contribution < -0.4 is 0 Å². The third-order valence-electron chi connectivity index (χ3n) is 9.25. The van der Waals surface area contributed by atoms with Crippen molar-refractivity contribution in [1.82, 2.24) is 57.5 Å². The zero-order valence-electron chi connectivity index (χ0n) is 36.9. The van der Waals surface area contributed by atoms with E-state index in [9.17, 15) is 13.2 Å². The number of hydrogen-bond donors (Lipinski definition) is 0. The Bertz CT molecular complexity index is 2550. The number of rotatable bonds is 0. The Labute approximate surface area is 344 Å². The average Bonchev–Trinajstić information content (AvgIpc) is 3.90. The standard InChI is InChI=1S/C11H12F3N3.3C11H15N3/c1-10(2,3)8-7-6-15-4-5-17(7)9(16-8)11(12,13)14;1-8-5-12-10-9(11(2,3)4)13-7-14(10)6-8;1-8-13-10(11(2,3)4)9-7-12-5-6-14(8)9;1-8-13-9(11(2,3)4)10-12-6-5-7-14(8)10/h4-6H,1-3H3;3*5-7H,1-4H3. The summed E-state index contributed by atoms with van der Waals surface area (Å²) in [6.07, 6.45) is 14.7. The van der Waals surface area contributed by atoms with E-state index in [4.69, 9.17) is 0 Å². The number of aryl methyl sites for hydroxylation is 3. The largest absolute Gasteiger partial charge is 0.450 e. The number of hydrogen-bond acceptors (Lipinski definition) is 8. The van der Waals surface area contributed by atoms with Crippen LogP contribution >= 0.6 is 0 Å². The molecule has 0 fully saturated rings. The van der Waals surface area contributed by atoms with Crippen molar-refractivity contribution in [2.45, 2.75) is 132 Å². The maximum absolute atomic E-state index is 12.8. The Morgan fingerprint density at radius 2 is 1.00 bits per heavy atom. The Kier molecular flexibility index (Phi) is 12.1. The molecule has 0 bridgehead atoms. The molecule has 0 aliphatic heterocycles. The van der Waals surface area contributed by atoms with Gasteiger partial charge in [0.15, 0.2) is 11.3 Å². The van der Waals surface area contributed by atoms with Crippen LogP contribution in [0.3, 0.4) is 0 Å². The van der Waals surface area contributed by atoms with Gasteiger partial charge in [-0.1, -0.05) is 83.1 Å². The summed E-state index contributed by atoms with van der Waals surface area (Å²) < 4.78 is 45.6. The van der Waals surface area contributed by atoms with Crippen LogP contribution in [0.25, 0.3) is 22.3 Å². The second kappa shape index (κ2) is 16.1.